The van der Waals surface area contributed by atoms with Crippen LogP contribution in [0.15, 0.2) is 24.3 Å². The molecular formula is C17H29N3. The van der Waals surface area contributed by atoms with Crippen LogP contribution >= 0.6 is 0 Å². The van der Waals surface area contributed by atoms with E-state index in [1.165, 1.54) is 11.3 Å². The monoisotopic (exact) mass is 275 g/mol. The average Bonchev–Trinajstić information content (AvgIpc) is 2.49. The van der Waals surface area contributed by atoms with Gasteiger partial charge in [-0.05, 0) is 50.9 Å². The van der Waals surface area contributed by atoms with Crippen LogP contribution in [0.4, 0.5) is 5.69 Å². The van der Waals surface area contributed by atoms with Gasteiger partial charge in [-0.2, -0.15) is 0 Å². The van der Waals surface area contributed by atoms with Crippen LogP contribution < -0.4 is 10.6 Å². The number of nitrogens with zero attached hydrogens (tertiary/aromatic N) is 2. The van der Waals surface area contributed by atoms with E-state index in [0.29, 0.717) is 6.04 Å². The fourth-order valence-corrected chi connectivity index (χ4v) is 3.27. The fourth-order valence-electron chi connectivity index (χ4n) is 3.27. The minimum atomic E-state index is 0.0969. The van der Waals surface area contributed by atoms with Crippen LogP contribution in [0, 0.1) is 0 Å². The SMILES string of the molecule is CCc1ccc(N(C)C2(CN)CCN(C)C(C)C2)cc1. The van der Waals surface area contributed by atoms with Gasteiger partial charge in [0, 0.05) is 31.9 Å². The molecule has 1 aliphatic heterocycles. The molecule has 0 spiro atoms. The highest BCUT2D eigenvalue weighted by Crippen LogP contribution is 2.33. The van der Waals surface area contributed by atoms with Crippen molar-refractivity contribution >= 4 is 5.69 Å². The maximum atomic E-state index is 6.18. The molecule has 1 aliphatic rings. The van der Waals surface area contributed by atoms with E-state index in [9.17, 15) is 0 Å². The van der Waals surface area contributed by atoms with Crippen molar-refractivity contribution < 1.29 is 0 Å². The van der Waals surface area contributed by atoms with Crippen LogP contribution in [-0.2, 0) is 6.42 Å². The molecule has 1 saturated heterocycles. The predicted molar refractivity (Wildman–Crippen MR) is 87.3 cm³/mol. The van der Waals surface area contributed by atoms with Crippen molar-refractivity contribution in [3.8, 4) is 0 Å². The fraction of sp³-hybridized carbons (Fsp3) is 0.647. The number of nitrogens with two attached hydrogens (primary N) is 1. The molecule has 112 valence electrons. The molecule has 2 unspecified atom stereocenters. The molecule has 0 bridgehead atoms. The van der Waals surface area contributed by atoms with Crippen LogP contribution in [-0.4, -0.2) is 43.7 Å². The lowest BCUT2D eigenvalue weighted by Crippen LogP contribution is -2.60. The quantitative estimate of drug-likeness (QED) is 0.916. The van der Waals surface area contributed by atoms with Gasteiger partial charge in [-0.25, -0.2) is 0 Å². The number of piperidine rings is 1. The Balaban J connectivity index is 2.21. The molecule has 0 saturated carbocycles. The number of anilines is 1. The van der Waals surface area contributed by atoms with Crippen LogP contribution in [0.2, 0.25) is 0 Å². The third-order valence-electron chi connectivity index (χ3n) is 5.18. The zero-order valence-corrected chi connectivity index (χ0v) is 13.4. The third-order valence-corrected chi connectivity index (χ3v) is 5.18. The molecule has 0 aliphatic carbocycles. The van der Waals surface area contributed by atoms with Crippen molar-refractivity contribution in [2.24, 2.45) is 5.73 Å². The van der Waals surface area contributed by atoms with Crippen molar-refractivity contribution in [2.75, 3.05) is 32.1 Å². The average molecular weight is 275 g/mol. The second-order valence-electron chi connectivity index (χ2n) is 6.29. The molecule has 0 amide bonds. The van der Waals surface area contributed by atoms with Crippen molar-refractivity contribution in [1.29, 1.82) is 0 Å². The topological polar surface area (TPSA) is 32.5 Å². The van der Waals surface area contributed by atoms with Gasteiger partial charge in [-0.15, -0.1) is 0 Å². The van der Waals surface area contributed by atoms with E-state index in [-0.39, 0.29) is 5.54 Å². The second kappa shape index (κ2) is 6.15. The first-order chi connectivity index (χ1) is 9.52. The third kappa shape index (κ3) is 2.84. The molecule has 1 fully saturated rings. The van der Waals surface area contributed by atoms with E-state index in [0.717, 1.165) is 32.4 Å². The number of likely N-dealkylation sites (tertiary alicyclic amines) is 1. The summed E-state index contributed by atoms with van der Waals surface area (Å²) in [5, 5.41) is 0. The van der Waals surface area contributed by atoms with E-state index in [1.54, 1.807) is 0 Å². The summed E-state index contributed by atoms with van der Waals surface area (Å²) in [5.41, 5.74) is 8.95. The lowest BCUT2D eigenvalue weighted by atomic mass is 9.82. The first-order valence-corrected chi connectivity index (χ1v) is 7.75. The summed E-state index contributed by atoms with van der Waals surface area (Å²) in [6.45, 7) is 6.34. The summed E-state index contributed by atoms with van der Waals surface area (Å²) in [6, 6.07) is 9.52. The lowest BCUT2D eigenvalue weighted by Gasteiger charge is -2.50. The zero-order chi connectivity index (χ0) is 14.8. The highest BCUT2D eigenvalue weighted by Gasteiger charge is 2.39. The smallest absolute Gasteiger partial charge is 0.0547 e. The molecule has 0 radical (unpaired) electrons. The van der Waals surface area contributed by atoms with Crippen molar-refractivity contribution in [3.63, 3.8) is 0 Å². The Morgan fingerprint density at radius 3 is 2.50 bits per heavy atom. The van der Waals surface area contributed by atoms with Crippen LogP contribution in [0.25, 0.3) is 0 Å². The predicted octanol–water partition coefficient (Wildman–Crippen LogP) is 2.50. The van der Waals surface area contributed by atoms with E-state index in [1.807, 2.05) is 0 Å². The van der Waals surface area contributed by atoms with E-state index in [2.05, 4.69) is 62.0 Å². The Bertz CT molecular complexity index is 428. The molecule has 1 aromatic carbocycles. The maximum Gasteiger partial charge on any atom is 0.0547 e. The molecule has 1 heterocycles. The highest BCUT2D eigenvalue weighted by molar-refractivity contribution is 5.50. The van der Waals surface area contributed by atoms with Gasteiger partial charge in [0.05, 0.1) is 5.54 Å². The van der Waals surface area contributed by atoms with Gasteiger partial charge in [0.15, 0.2) is 0 Å². The molecule has 2 rings (SSSR count). The standard InChI is InChI=1S/C17H29N3/c1-5-15-6-8-16(9-7-15)20(4)17(13-18)10-11-19(3)14(2)12-17/h6-9,14H,5,10-13,18H2,1-4H3. The number of hydrogen-bond donors (Lipinski definition) is 1. The first-order valence-electron chi connectivity index (χ1n) is 7.75. The second-order valence-corrected chi connectivity index (χ2v) is 6.29. The number of rotatable bonds is 4. The molecule has 3 nitrogen and oxygen atoms in total. The van der Waals surface area contributed by atoms with Gasteiger partial charge >= 0.3 is 0 Å². The summed E-state index contributed by atoms with van der Waals surface area (Å²) in [4.78, 5) is 4.85. The van der Waals surface area contributed by atoms with Gasteiger partial charge in [0.1, 0.15) is 0 Å². The molecule has 20 heavy (non-hydrogen) atoms. The molecular weight excluding hydrogens is 246 g/mol. The molecule has 2 atom stereocenters. The number of hydrogen-bond acceptors (Lipinski definition) is 3. The number of likely N-dealkylation sites (N-methyl/N-ethyl adjacent to an activating group) is 1. The summed E-state index contributed by atoms with van der Waals surface area (Å²) >= 11 is 0. The summed E-state index contributed by atoms with van der Waals surface area (Å²) in [6.07, 6.45) is 3.36. The van der Waals surface area contributed by atoms with Gasteiger partial charge in [0.25, 0.3) is 0 Å². The van der Waals surface area contributed by atoms with Crippen LogP contribution in [0.1, 0.15) is 32.3 Å². The molecule has 0 aromatic heterocycles. The van der Waals surface area contributed by atoms with Crippen LogP contribution in [0.3, 0.4) is 0 Å². The van der Waals surface area contributed by atoms with Crippen molar-refractivity contribution in [1.82, 2.24) is 4.90 Å². The van der Waals surface area contributed by atoms with E-state index >= 15 is 0 Å². The summed E-state index contributed by atoms with van der Waals surface area (Å²) < 4.78 is 0. The molecule has 2 N–H and O–H groups in total. The Labute approximate surface area is 123 Å². The van der Waals surface area contributed by atoms with E-state index < -0.39 is 0 Å². The summed E-state index contributed by atoms with van der Waals surface area (Å²) in [7, 11) is 4.41. The Hall–Kier alpha value is -1.06. The zero-order valence-electron chi connectivity index (χ0n) is 13.4. The largest absolute Gasteiger partial charge is 0.368 e. The minimum absolute atomic E-state index is 0.0969. The Morgan fingerprint density at radius 2 is 2.00 bits per heavy atom. The molecule has 3 heteroatoms. The Morgan fingerprint density at radius 1 is 1.35 bits per heavy atom. The lowest BCUT2D eigenvalue weighted by molar-refractivity contribution is 0.132. The first kappa shape index (κ1) is 15.3. The minimum Gasteiger partial charge on any atom is -0.368 e. The van der Waals surface area contributed by atoms with Gasteiger partial charge in [-0.3, -0.25) is 0 Å². The highest BCUT2D eigenvalue weighted by atomic mass is 15.2. The van der Waals surface area contributed by atoms with Crippen LogP contribution in [0.5, 0.6) is 0 Å². The van der Waals surface area contributed by atoms with E-state index in [4.69, 9.17) is 5.73 Å². The van der Waals surface area contributed by atoms with Gasteiger partial charge in [-0.1, -0.05) is 19.1 Å². The number of aryl methyl sites for hydroxylation is 1. The van der Waals surface area contributed by atoms with Gasteiger partial charge in [0.2, 0.25) is 0 Å². The molecule has 1 aromatic rings. The van der Waals surface area contributed by atoms with Gasteiger partial charge < -0.3 is 15.5 Å². The maximum absolute atomic E-state index is 6.18. The Kier molecular flexibility index (Phi) is 4.71. The summed E-state index contributed by atoms with van der Waals surface area (Å²) in [5.74, 6) is 0. The van der Waals surface area contributed by atoms with Crippen molar-refractivity contribution in [3.05, 3.63) is 29.8 Å². The number of benzene rings is 1. The normalized spacial score (nSPS) is 27.6. The van der Waals surface area contributed by atoms with Crippen molar-refractivity contribution in [2.45, 2.75) is 44.7 Å².